The molecule has 0 spiro atoms. The lowest BCUT2D eigenvalue weighted by Gasteiger charge is -2.33. The number of nitrogens with two attached hydrogens (primary N) is 2. The van der Waals surface area contributed by atoms with Gasteiger partial charge in [0.05, 0.1) is 5.92 Å². The Balaban J connectivity index is 4.56. The lowest BCUT2D eigenvalue weighted by Crippen LogP contribution is -2.48. The predicted octanol–water partition coefficient (Wildman–Crippen LogP) is 1.26. The Hall–Kier alpha value is -0.570. The van der Waals surface area contributed by atoms with Gasteiger partial charge in [0.1, 0.15) is 0 Å². The molecule has 0 saturated heterocycles. The number of carbonyl (C=O) groups is 1. The molecule has 13 heavy (non-hydrogen) atoms. The molecule has 0 heterocycles. The molecule has 0 aromatic rings. The van der Waals surface area contributed by atoms with Crippen molar-refractivity contribution < 1.29 is 4.79 Å². The van der Waals surface area contributed by atoms with Gasteiger partial charge < -0.3 is 11.5 Å². The first kappa shape index (κ1) is 12.4. The molecular formula is C10H22N2O. The zero-order chi connectivity index (χ0) is 10.9. The van der Waals surface area contributed by atoms with E-state index in [-0.39, 0.29) is 17.2 Å². The van der Waals surface area contributed by atoms with E-state index in [1.807, 2.05) is 13.8 Å². The molecule has 0 aromatic carbocycles. The van der Waals surface area contributed by atoms with Gasteiger partial charge in [-0.25, -0.2) is 0 Å². The second-order valence-electron chi connectivity index (χ2n) is 5.54. The number of hydrogen-bond acceptors (Lipinski definition) is 2. The van der Waals surface area contributed by atoms with Gasteiger partial charge in [-0.3, -0.25) is 4.79 Å². The Morgan fingerprint density at radius 1 is 1.23 bits per heavy atom. The third-order valence-electron chi connectivity index (χ3n) is 2.06. The van der Waals surface area contributed by atoms with Crippen molar-refractivity contribution in [1.82, 2.24) is 0 Å². The number of hydrogen-bond donors (Lipinski definition) is 2. The van der Waals surface area contributed by atoms with Crippen LogP contribution in [0.2, 0.25) is 0 Å². The molecule has 1 amide bonds. The summed E-state index contributed by atoms with van der Waals surface area (Å²) in [6, 6.07) is 0. The smallest absolute Gasteiger partial charge is 0.222 e. The van der Waals surface area contributed by atoms with Crippen LogP contribution >= 0.6 is 0 Å². The SMILES string of the molecule is CC(C)(C)CC(C(N)=O)C(C)(C)N. The Bertz CT molecular complexity index is 186. The highest BCUT2D eigenvalue weighted by Crippen LogP contribution is 2.29. The van der Waals surface area contributed by atoms with Crippen LogP contribution in [0.4, 0.5) is 0 Å². The summed E-state index contributed by atoms with van der Waals surface area (Å²) in [5.41, 5.74) is 10.7. The molecule has 1 unspecified atom stereocenters. The van der Waals surface area contributed by atoms with Gasteiger partial charge in [0.15, 0.2) is 0 Å². The maximum Gasteiger partial charge on any atom is 0.222 e. The van der Waals surface area contributed by atoms with Gasteiger partial charge in [-0.2, -0.15) is 0 Å². The molecule has 0 bridgehead atoms. The van der Waals surface area contributed by atoms with E-state index in [0.717, 1.165) is 6.42 Å². The van der Waals surface area contributed by atoms with Crippen LogP contribution in [0.5, 0.6) is 0 Å². The minimum absolute atomic E-state index is 0.0797. The van der Waals surface area contributed by atoms with Gasteiger partial charge in [-0.05, 0) is 25.7 Å². The van der Waals surface area contributed by atoms with E-state index in [1.54, 1.807) is 0 Å². The number of rotatable bonds is 3. The molecule has 0 aliphatic heterocycles. The molecule has 0 radical (unpaired) electrons. The standard InChI is InChI=1S/C10H22N2O/c1-9(2,3)6-7(8(11)13)10(4,5)12/h7H,6,12H2,1-5H3,(H2,11,13). The summed E-state index contributed by atoms with van der Waals surface area (Å²) in [6.45, 7) is 9.92. The average molecular weight is 186 g/mol. The normalized spacial score (nSPS) is 15.5. The van der Waals surface area contributed by atoms with E-state index in [4.69, 9.17) is 11.5 Å². The van der Waals surface area contributed by atoms with Crippen LogP contribution in [-0.2, 0) is 4.79 Å². The highest BCUT2D eigenvalue weighted by atomic mass is 16.1. The number of amides is 1. The van der Waals surface area contributed by atoms with Crippen LogP contribution in [-0.4, -0.2) is 11.4 Å². The van der Waals surface area contributed by atoms with Gasteiger partial charge in [-0.15, -0.1) is 0 Å². The summed E-state index contributed by atoms with van der Waals surface area (Å²) in [7, 11) is 0. The molecular weight excluding hydrogens is 164 g/mol. The quantitative estimate of drug-likeness (QED) is 0.696. The van der Waals surface area contributed by atoms with Gasteiger partial charge in [0, 0.05) is 5.54 Å². The van der Waals surface area contributed by atoms with Crippen LogP contribution in [0.3, 0.4) is 0 Å². The minimum Gasteiger partial charge on any atom is -0.369 e. The van der Waals surface area contributed by atoms with E-state index >= 15 is 0 Å². The lowest BCUT2D eigenvalue weighted by atomic mass is 9.76. The molecule has 0 rings (SSSR count). The number of primary amides is 1. The van der Waals surface area contributed by atoms with E-state index in [0.29, 0.717) is 0 Å². The van der Waals surface area contributed by atoms with E-state index in [2.05, 4.69) is 20.8 Å². The van der Waals surface area contributed by atoms with Gasteiger partial charge in [0.25, 0.3) is 0 Å². The van der Waals surface area contributed by atoms with Gasteiger partial charge >= 0.3 is 0 Å². The Morgan fingerprint density at radius 2 is 1.62 bits per heavy atom. The second kappa shape index (κ2) is 3.66. The summed E-state index contributed by atoms with van der Waals surface area (Å²) in [5, 5.41) is 0. The van der Waals surface area contributed by atoms with E-state index in [9.17, 15) is 4.79 Å². The Kier molecular flexibility index (Phi) is 3.50. The maximum absolute atomic E-state index is 11.2. The molecule has 0 aliphatic carbocycles. The third-order valence-corrected chi connectivity index (χ3v) is 2.06. The first-order valence-corrected chi connectivity index (χ1v) is 4.62. The molecule has 0 fully saturated rings. The first-order chi connectivity index (χ1) is 5.54. The summed E-state index contributed by atoms with van der Waals surface area (Å²) < 4.78 is 0. The summed E-state index contributed by atoms with van der Waals surface area (Å²) >= 11 is 0. The largest absolute Gasteiger partial charge is 0.369 e. The molecule has 78 valence electrons. The Morgan fingerprint density at radius 3 is 1.69 bits per heavy atom. The second-order valence-corrected chi connectivity index (χ2v) is 5.54. The van der Waals surface area contributed by atoms with Crippen LogP contribution in [0, 0.1) is 11.3 Å². The van der Waals surface area contributed by atoms with Gasteiger partial charge in [-0.1, -0.05) is 20.8 Å². The third kappa shape index (κ3) is 4.88. The number of carbonyl (C=O) groups excluding carboxylic acids is 1. The monoisotopic (exact) mass is 186 g/mol. The zero-order valence-corrected chi connectivity index (χ0v) is 9.35. The highest BCUT2D eigenvalue weighted by molar-refractivity contribution is 5.78. The zero-order valence-electron chi connectivity index (χ0n) is 9.35. The van der Waals surface area contributed by atoms with Crippen molar-refractivity contribution in [2.45, 2.75) is 46.6 Å². The van der Waals surface area contributed by atoms with Crippen molar-refractivity contribution in [1.29, 1.82) is 0 Å². The van der Waals surface area contributed by atoms with Crippen LogP contribution in [0.1, 0.15) is 41.0 Å². The fourth-order valence-corrected chi connectivity index (χ4v) is 1.34. The summed E-state index contributed by atoms with van der Waals surface area (Å²) in [5.74, 6) is -0.560. The van der Waals surface area contributed by atoms with Crippen LogP contribution < -0.4 is 11.5 Å². The molecule has 0 saturated carbocycles. The average Bonchev–Trinajstić information content (AvgIpc) is 1.77. The van der Waals surface area contributed by atoms with Crippen molar-refractivity contribution in [3.8, 4) is 0 Å². The summed E-state index contributed by atoms with van der Waals surface area (Å²) in [4.78, 5) is 11.2. The van der Waals surface area contributed by atoms with Crippen molar-refractivity contribution in [2.24, 2.45) is 22.8 Å². The molecule has 4 N–H and O–H groups in total. The summed E-state index contributed by atoms with van der Waals surface area (Å²) in [6.07, 6.45) is 0.728. The lowest BCUT2D eigenvalue weighted by molar-refractivity contribution is -0.124. The Labute approximate surface area is 80.9 Å². The van der Waals surface area contributed by atoms with Crippen molar-refractivity contribution in [3.63, 3.8) is 0 Å². The molecule has 1 atom stereocenters. The first-order valence-electron chi connectivity index (χ1n) is 4.62. The maximum atomic E-state index is 11.2. The molecule has 3 heteroatoms. The fraction of sp³-hybridized carbons (Fsp3) is 0.900. The van der Waals surface area contributed by atoms with Crippen molar-refractivity contribution in [3.05, 3.63) is 0 Å². The van der Waals surface area contributed by atoms with Crippen molar-refractivity contribution in [2.75, 3.05) is 0 Å². The van der Waals surface area contributed by atoms with Crippen LogP contribution in [0.15, 0.2) is 0 Å². The molecule has 0 aliphatic rings. The topological polar surface area (TPSA) is 69.1 Å². The fourth-order valence-electron chi connectivity index (χ4n) is 1.34. The van der Waals surface area contributed by atoms with E-state index in [1.165, 1.54) is 0 Å². The predicted molar refractivity (Wildman–Crippen MR) is 55.0 cm³/mol. The highest BCUT2D eigenvalue weighted by Gasteiger charge is 2.33. The van der Waals surface area contributed by atoms with E-state index < -0.39 is 5.54 Å². The van der Waals surface area contributed by atoms with Crippen molar-refractivity contribution >= 4 is 5.91 Å². The minimum atomic E-state index is -0.529. The molecule has 3 nitrogen and oxygen atoms in total. The molecule has 0 aromatic heterocycles. The van der Waals surface area contributed by atoms with Crippen LogP contribution in [0.25, 0.3) is 0 Å². The van der Waals surface area contributed by atoms with Gasteiger partial charge in [0.2, 0.25) is 5.91 Å².